The molecular weight excluding hydrogens is 372 g/mol. The molecule has 2 nitrogen and oxygen atoms in total. The fourth-order valence-corrected chi connectivity index (χ4v) is 3.37. The first-order chi connectivity index (χ1) is 12.1. The van der Waals surface area contributed by atoms with Crippen molar-refractivity contribution in [3.63, 3.8) is 0 Å². The van der Waals surface area contributed by atoms with E-state index in [4.69, 9.17) is 4.98 Å². The summed E-state index contributed by atoms with van der Waals surface area (Å²) in [6, 6.07) is 21.4. The van der Waals surface area contributed by atoms with Gasteiger partial charge in [0.15, 0.2) is 0 Å². The molecule has 25 heavy (non-hydrogen) atoms. The van der Waals surface area contributed by atoms with E-state index in [2.05, 4.69) is 101 Å². The van der Waals surface area contributed by atoms with Gasteiger partial charge in [-0.2, -0.15) is 0 Å². The quantitative estimate of drug-likeness (QED) is 0.421. The van der Waals surface area contributed by atoms with E-state index in [1.54, 1.807) is 0 Å². The predicted molar refractivity (Wildman–Crippen MR) is 107 cm³/mol. The molecule has 0 aliphatic carbocycles. The van der Waals surface area contributed by atoms with Crippen LogP contribution in [0.4, 0.5) is 0 Å². The van der Waals surface area contributed by atoms with Crippen molar-refractivity contribution in [2.45, 2.75) is 20.3 Å². The molecule has 0 bridgehead atoms. The van der Waals surface area contributed by atoms with E-state index in [1.807, 2.05) is 0 Å². The summed E-state index contributed by atoms with van der Waals surface area (Å²) in [5, 5.41) is 0. The van der Waals surface area contributed by atoms with Gasteiger partial charge in [-0.15, -0.1) is 0 Å². The molecule has 0 saturated heterocycles. The van der Waals surface area contributed by atoms with Gasteiger partial charge in [-0.25, -0.2) is 4.98 Å². The van der Waals surface area contributed by atoms with Crippen molar-refractivity contribution in [1.29, 1.82) is 0 Å². The Morgan fingerprint density at radius 2 is 1.60 bits per heavy atom. The number of fused-ring (bicyclic) bond motifs is 1. The van der Waals surface area contributed by atoms with Crippen LogP contribution in [-0.2, 0) is 6.42 Å². The predicted octanol–water partition coefficient (Wildman–Crippen LogP) is 5.97. The fraction of sp³-hybridized carbons (Fsp3) is 0.136. The summed E-state index contributed by atoms with van der Waals surface area (Å²) in [6.45, 7) is 4.22. The van der Waals surface area contributed by atoms with Crippen LogP contribution in [0.1, 0.15) is 22.4 Å². The molecule has 0 unspecified atom stereocenters. The Bertz CT molecular complexity index is 1030. The second-order valence-electron chi connectivity index (χ2n) is 6.51. The summed E-state index contributed by atoms with van der Waals surface area (Å²) in [7, 11) is 0. The molecule has 4 aromatic rings. The molecule has 4 rings (SSSR count). The minimum atomic E-state index is 0.857. The largest absolute Gasteiger partial charge is 0.303 e. The highest BCUT2D eigenvalue weighted by atomic mass is 79.9. The number of aryl methyl sites for hydroxylation is 2. The molecule has 2 aromatic heterocycles. The number of halogens is 1. The van der Waals surface area contributed by atoms with Gasteiger partial charge >= 0.3 is 0 Å². The summed E-state index contributed by atoms with van der Waals surface area (Å²) >= 11 is 3.52. The summed E-state index contributed by atoms with van der Waals surface area (Å²) < 4.78 is 3.29. The number of nitrogens with zero attached hydrogens (tertiary/aromatic N) is 2. The van der Waals surface area contributed by atoms with Crippen molar-refractivity contribution in [3.05, 3.63) is 93.7 Å². The van der Waals surface area contributed by atoms with Crippen LogP contribution in [0.2, 0.25) is 0 Å². The molecule has 124 valence electrons. The van der Waals surface area contributed by atoms with Gasteiger partial charge in [0.25, 0.3) is 0 Å². The standard InChI is InChI=1S/C22H19BrN2/c1-15-3-5-17(6-4-15)14-20-22(18-7-9-19(23)10-8-18)24-21-13-16(2)11-12-25(20)21/h3-13H,14H2,1-2H3. The number of benzene rings is 2. The molecule has 0 saturated carbocycles. The topological polar surface area (TPSA) is 17.3 Å². The molecule has 0 fully saturated rings. The Balaban J connectivity index is 1.88. The molecular formula is C22H19BrN2. The van der Waals surface area contributed by atoms with E-state index in [0.29, 0.717) is 0 Å². The summed E-state index contributed by atoms with van der Waals surface area (Å²) in [5.74, 6) is 0. The van der Waals surface area contributed by atoms with E-state index in [9.17, 15) is 0 Å². The monoisotopic (exact) mass is 390 g/mol. The first kappa shape index (κ1) is 16.1. The zero-order valence-corrected chi connectivity index (χ0v) is 15.9. The van der Waals surface area contributed by atoms with E-state index in [-0.39, 0.29) is 0 Å². The van der Waals surface area contributed by atoms with Crippen molar-refractivity contribution < 1.29 is 0 Å². The molecule has 0 aliphatic rings. The maximum Gasteiger partial charge on any atom is 0.137 e. The van der Waals surface area contributed by atoms with Gasteiger partial charge in [-0.3, -0.25) is 0 Å². The van der Waals surface area contributed by atoms with E-state index < -0.39 is 0 Å². The maximum atomic E-state index is 4.93. The van der Waals surface area contributed by atoms with E-state index >= 15 is 0 Å². The molecule has 3 heteroatoms. The Morgan fingerprint density at radius 1 is 0.880 bits per heavy atom. The van der Waals surface area contributed by atoms with Gasteiger partial charge in [-0.1, -0.05) is 57.9 Å². The molecule has 0 amide bonds. The Morgan fingerprint density at radius 3 is 2.32 bits per heavy atom. The van der Waals surface area contributed by atoms with Gasteiger partial charge in [0.1, 0.15) is 5.65 Å². The Labute approximate surface area is 156 Å². The molecule has 0 radical (unpaired) electrons. The first-order valence-corrected chi connectivity index (χ1v) is 9.18. The van der Waals surface area contributed by atoms with Crippen LogP contribution < -0.4 is 0 Å². The number of pyridine rings is 1. The number of imidazole rings is 1. The lowest BCUT2D eigenvalue weighted by molar-refractivity contribution is 1.02. The van der Waals surface area contributed by atoms with Gasteiger partial charge < -0.3 is 4.40 Å². The third kappa shape index (κ3) is 3.24. The minimum Gasteiger partial charge on any atom is -0.303 e. The van der Waals surface area contributed by atoms with Crippen molar-refractivity contribution in [3.8, 4) is 11.3 Å². The van der Waals surface area contributed by atoms with Crippen molar-refractivity contribution >= 4 is 21.6 Å². The summed E-state index contributed by atoms with van der Waals surface area (Å²) in [6.07, 6.45) is 2.99. The second kappa shape index (κ2) is 6.49. The van der Waals surface area contributed by atoms with Crippen LogP contribution in [0.25, 0.3) is 16.9 Å². The van der Waals surface area contributed by atoms with Crippen LogP contribution in [-0.4, -0.2) is 9.38 Å². The fourth-order valence-electron chi connectivity index (χ4n) is 3.10. The average molecular weight is 391 g/mol. The molecule has 2 heterocycles. The average Bonchev–Trinajstić information content (AvgIpc) is 2.95. The summed E-state index contributed by atoms with van der Waals surface area (Å²) in [4.78, 5) is 4.93. The van der Waals surface area contributed by atoms with Crippen LogP contribution in [0.15, 0.2) is 71.3 Å². The van der Waals surface area contributed by atoms with Crippen LogP contribution >= 0.6 is 15.9 Å². The van der Waals surface area contributed by atoms with Crippen LogP contribution in [0.3, 0.4) is 0 Å². The Kier molecular flexibility index (Phi) is 4.18. The zero-order valence-electron chi connectivity index (χ0n) is 14.3. The first-order valence-electron chi connectivity index (χ1n) is 8.39. The van der Waals surface area contributed by atoms with Gasteiger partial charge in [0.05, 0.1) is 11.4 Å². The smallest absolute Gasteiger partial charge is 0.137 e. The SMILES string of the molecule is Cc1ccc(Cc2c(-c3ccc(Br)cc3)nc3cc(C)ccn23)cc1. The lowest BCUT2D eigenvalue weighted by Gasteiger charge is -2.07. The number of hydrogen-bond donors (Lipinski definition) is 0. The van der Waals surface area contributed by atoms with Gasteiger partial charge in [0, 0.05) is 22.7 Å². The lowest BCUT2D eigenvalue weighted by Crippen LogP contribution is -1.97. The summed E-state index contributed by atoms with van der Waals surface area (Å²) in [5.41, 5.74) is 8.23. The molecule has 0 spiro atoms. The van der Waals surface area contributed by atoms with E-state index in [0.717, 1.165) is 27.8 Å². The third-order valence-electron chi connectivity index (χ3n) is 4.49. The Hall–Kier alpha value is -2.39. The lowest BCUT2D eigenvalue weighted by atomic mass is 10.0. The minimum absolute atomic E-state index is 0.857. The normalized spacial score (nSPS) is 11.2. The molecule has 2 aromatic carbocycles. The zero-order chi connectivity index (χ0) is 17.4. The third-order valence-corrected chi connectivity index (χ3v) is 5.02. The van der Waals surface area contributed by atoms with Gasteiger partial charge in [-0.05, 0) is 49.2 Å². The van der Waals surface area contributed by atoms with E-state index in [1.165, 1.54) is 22.4 Å². The van der Waals surface area contributed by atoms with Crippen molar-refractivity contribution in [1.82, 2.24) is 9.38 Å². The van der Waals surface area contributed by atoms with Crippen LogP contribution in [0.5, 0.6) is 0 Å². The number of hydrogen-bond acceptors (Lipinski definition) is 1. The molecule has 0 atom stereocenters. The van der Waals surface area contributed by atoms with Crippen molar-refractivity contribution in [2.75, 3.05) is 0 Å². The number of aromatic nitrogens is 2. The molecule has 0 aliphatic heterocycles. The molecule has 0 N–H and O–H groups in total. The highest BCUT2D eigenvalue weighted by molar-refractivity contribution is 9.10. The second-order valence-corrected chi connectivity index (χ2v) is 7.42. The van der Waals surface area contributed by atoms with Crippen LogP contribution in [0, 0.1) is 13.8 Å². The maximum absolute atomic E-state index is 4.93. The highest BCUT2D eigenvalue weighted by Crippen LogP contribution is 2.28. The highest BCUT2D eigenvalue weighted by Gasteiger charge is 2.14. The number of rotatable bonds is 3. The van der Waals surface area contributed by atoms with Crippen molar-refractivity contribution in [2.24, 2.45) is 0 Å². The van der Waals surface area contributed by atoms with Gasteiger partial charge in [0.2, 0.25) is 0 Å².